The van der Waals surface area contributed by atoms with E-state index in [1.165, 1.54) is 18.4 Å². The number of nitrogens with two attached hydrogens (primary N) is 1. The number of carbonyl (C=O) groups is 1. The molecule has 0 bridgehead atoms. The summed E-state index contributed by atoms with van der Waals surface area (Å²) in [6.45, 7) is 7.21. The molecule has 0 spiro atoms. The number of amides is 1. The SMILES string of the molecule is CCC(CC)(CN)C(=O)NCC(c1cccc(OC)c1)N1CCCC1. The summed E-state index contributed by atoms with van der Waals surface area (Å²) in [5.74, 6) is 0.929. The fourth-order valence-electron chi connectivity index (χ4n) is 3.69. The Labute approximate surface area is 151 Å². The summed E-state index contributed by atoms with van der Waals surface area (Å²) in [7, 11) is 1.68. The number of nitrogens with zero attached hydrogens (tertiary/aromatic N) is 1. The van der Waals surface area contributed by atoms with E-state index < -0.39 is 5.41 Å². The lowest BCUT2D eigenvalue weighted by Crippen LogP contribution is -2.47. The van der Waals surface area contributed by atoms with Crippen molar-refractivity contribution in [3.63, 3.8) is 0 Å². The van der Waals surface area contributed by atoms with Crippen molar-refractivity contribution < 1.29 is 9.53 Å². The molecule has 140 valence electrons. The molecule has 1 aliphatic rings. The molecule has 1 unspecified atom stereocenters. The Morgan fingerprint density at radius 3 is 2.56 bits per heavy atom. The van der Waals surface area contributed by atoms with Gasteiger partial charge in [0.2, 0.25) is 5.91 Å². The highest BCUT2D eigenvalue weighted by Crippen LogP contribution is 2.29. The van der Waals surface area contributed by atoms with Crippen LogP contribution >= 0.6 is 0 Å². The fraction of sp³-hybridized carbons (Fsp3) is 0.650. The van der Waals surface area contributed by atoms with Gasteiger partial charge in [-0.3, -0.25) is 9.69 Å². The summed E-state index contributed by atoms with van der Waals surface area (Å²) in [5, 5.41) is 3.19. The van der Waals surface area contributed by atoms with Gasteiger partial charge in [-0.25, -0.2) is 0 Å². The number of carbonyl (C=O) groups excluding carboxylic acids is 1. The maximum absolute atomic E-state index is 12.8. The predicted molar refractivity (Wildman–Crippen MR) is 102 cm³/mol. The smallest absolute Gasteiger partial charge is 0.227 e. The Balaban J connectivity index is 2.15. The third kappa shape index (κ3) is 4.53. The second-order valence-corrected chi connectivity index (χ2v) is 6.94. The molecule has 1 aromatic rings. The Morgan fingerprint density at radius 2 is 2.00 bits per heavy atom. The van der Waals surface area contributed by atoms with Gasteiger partial charge in [-0.05, 0) is 56.5 Å². The van der Waals surface area contributed by atoms with E-state index in [9.17, 15) is 4.79 Å². The van der Waals surface area contributed by atoms with E-state index in [0.29, 0.717) is 13.1 Å². The van der Waals surface area contributed by atoms with E-state index in [-0.39, 0.29) is 11.9 Å². The highest BCUT2D eigenvalue weighted by atomic mass is 16.5. The Hall–Kier alpha value is -1.59. The van der Waals surface area contributed by atoms with Crippen LogP contribution in [-0.4, -0.2) is 44.1 Å². The zero-order valence-corrected chi connectivity index (χ0v) is 15.9. The minimum Gasteiger partial charge on any atom is -0.497 e. The molecule has 1 aromatic carbocycles. The molecule has 2 rings (SSSR count). The first-order valence-corrected chi connectivity index (χ1v) is 9.46. The van der Waals surface area contributed by atoms with Crippen LogP contribution in [0, 0.1) is 5.41 Å². The minimum absolute atomic E-state index is 0.0760. The lowest BCUT2D eigenvalue weighted by atomic mass is 9.81. The van der Waals surface area contributed by atoms with Crippen LogP contribution in [0.2, 0.25) is 0 Å². The number of benzene rings is 1. The van der Waals surface area contributed by atoms with Gasteiger partial charge in [0.15, 0.2) is 0 Å². The van der Waals surface area contributed by atoms with Crippen LogP contribution in [0.15, 0.2) is 24.3 Å². The van der Waals surface area contributed by atoms with Crippen LogP contribution < -0.4 is 15.8 Å². The Kier molecular flexibility index (Phi) is 7.26. The van der Waals surface area contributed by atoms with Crippen molar-refractivity contribution in [1.82, 2.24) is 10.2 Å². The first-order valence-electron chi connectivity index (χ1n) is 9.46. The fourth-order valence-corrected chi connectivity index (χ4v) is 3.69. The minimum atomic E-state index is -0.454. The molecular weight excluding hydrogens is 314 g/mol. The average Bonchev–Trinajstić information content (AvgIpc) is 3.18. The van der Waals surface area contributed by atoms with E-state index in [1.54, 1.807) is 7.11 Å². The number of hydrogen-bond acceptors (Lipinski definition) is 4. The monoisotopic (exact) mass is 347 g/mol. The second kappa shape index (κ2) is 9.20. The first-order chi connectivity index (χ1) is 12.1. The summed E-state index contributed by atoms with van der Waals surface area (Å²) in [5.41, 5.74) is 6.65. The van der Waals surface area contributed by atoms with Gasteiger partial charge in [-0.1, -0.05) is 26.0 Å². The molecule has 1 fully saturated rings. The molecular formula is C20H33N3O2. The normalized spacial score (nSPS) is 16.6. The second-order valence-electron chi connectivity index (χ2n) is 6.94. The highest BCUT2D eigenvalue weighted by Gasteiger charge is 2.34. The molecule has 25 heavy (non-hydrogen) atoms. The molecule has 1 amide bonds. The van der Waals surface area contributed by atoms with Crippen LogP contribution in [0.3, 0.4) is 0 Å². The zero-order chi connectivity index (χ0) is 18.3. The number of rotatable bonds is 9. The van der Waals surface area contributed by atoms with E-state index in [0.717, 1.165) is 31.7 Å². The summed E-state index contributed by atoms with van der Waals surface area (Å²) in [4.78, 5) is 15.3. The Morgan fingerprint density at radius 1 is 1.32 bits per heavy atom. The number of methoxy groups -OCH3 is 1. The molecule has 5 heteroatoms. The van der Waals surface area contributed by atoms with Gasteiger partial charge in [0.1, 0.15) is 5.75 Å². The van der Waals surface area contributed by atoms with E-state index in [1.807, 2.05) is 26.0 Å². The molecule has 5 nitrogen and oxygen atoms in total. The van der Waals surface area contributed by atoms with Crippen molar-refractivity contribution in [1.29, 1.82) is 0 Å². The molecule has 0 saturated carbocycles. The van der Waals surface area contributed by atoms with Crippen LogP contribution in [-0.2, 0) is 4.79 Å². The van der Waals surface area contributed by atoms with Gasteiger partial charge >= 0.3 is 0 Å². The summed E-state index contributed by atoms with van der Waals surface area (Å²) in [6.07, 6.45) is 3.95. The number of likely N-dealkylation sites (tertiary alicyclic amines) is 1. The molecule has 0 aromatic heterocycles. The third-order valence-corrected chi connectivity index (χ3v) is 5.74. The molecule has 1 aliphatic heterocycles. The molecule has 3 N–H and O–H groups in total. The molecule has 1 heterocycles. The van der Waals surface area contributed by atoms with Crippen LogP contribution in [0.5, 0.6) is 5.75 Å². The van der Waals surface area contributed by atoms with Crippen molar-refractivity contribution in [3.05, 3.63) is 29.8 Å². The maximum atomic E-state index is 12.8. The number of nitrogens with one attached hydrogen (secondary N) is 1. The lowest BCUT2D eigenvalue weighted by Gasteiger charge is -2.32. The molecule has 0 aliphatic carbocycles. The van der Waals surface area contributed by atoms with Gasteiger partial charge in [0, 0.05) is 13.1 Å². The summed E-state index contributed by atoms with van der Waals surface area (Å²) >= 11 is 0. The van der Waals surface area contributed by atoms with E-state index in [2.05, 4.69) is 22.3 Å². The highest BCUT2D eigenvalue weighted by molar-refractivity contribution is 5.82. The quantitative estimate of drug-likeness (QED) is 0.721. The third-order valence-electron chi connectivity index (χ3n) is 5.74. The van der Waals surface area contributed by atoms with Gasteiger partial charge in [-0.15, -0.1) is 0 Å². The van der Waals surface area contributed by atoms with E-state index in [4.69, 9.17) is 10.5 Å². The molecule has 1 saturated heterocycles. The largest absolute Gasteiger partial charge is 0.497 e. The number of hydrogen-bond donors (Lipinski definition) is 2. The van der Waals surface area contributed by atoms with Crippen LogP contribution in [0.25, 0.3) is 0 Å². The van der Waals surface area contributed by atoms with Crippen molar-refractivity contribution in [2.24, 2.45) is 11.1 Å². The Bertz CT molecular complexity index is 543. The zero-order valence-electron chi connectivity index (χ0n) is 15.9. The van der Waals surface area contributed by atoms with Crippen molar-refractivity contribution in [3.8, 4) is 5.75 Å². The van der Waals surface area contributed by atoms with Crippen molar-refractivity contribution in [2.45, 2.75) is 45.6 Å². The molecule has 1 atom stereocenters. The van der Waals surface area contributed by atoms with Gasteiger partial charge in [0.25, 0.3) is 0 Å². The lowest BCUT2D eigenvalue weighted by molar-refractivity contribution is -0.131. The van der Waals surface area contributed by atoms with Gasteiger partial charge < -0.3 is 15.8 Å². The maximum Gasteiger partial charge on any atom is 0.227 e. The van der Waals surface area contributed by atoms with Crippen LogP contribution in [0.4, 0.5) is 0 Å². The predicted octanol–water partition coefficient (Wildman–Crippen LogP) is 2.71. The first kappa shape index (κ1) is 19.7. The standard InChI is InChI=1S/C20H33N3O2/c1-4-20(5-2,15-21)19(24)22-14-18(23-11-6-7-12-23)16-9-8-10-17(13-16)25-3/h8-10,13,18H,4-7,11-12,14-15,21H2,1-3H3,(H,22,24). The van der Waals surface area contributed by atoms with Crippen molar-refractivity contribution in [2.75, 3.05) is 33.3 Å². The topological polar surface area (TPSA) is 67.6 Å². The average molecular weight is 348 g/mol. The van der Waals surface area contributed by atoms with Gasteiger partial charge in [-0.2, -0.15) is 0 Å². The van der Waals surface area contributed by atoms with Crippen LogP contribution in [0.1, 0.15) is 51.1 Å². The molecule has 0 radical (unpaired) electrons. The van der Waals surface area contributed by atoms with E-state index >= 15 is 0 Å². The summed E-state index contributed by atoms with van der Waals surface area (Å²) in [6, 6.07) is 8.34. The number of ether oxygens (including phenoxy) is 1. The summed E-state index contributed by atoms with van der Waals surface area (Å²) < 4.78 is 5.38. The van der Waals surface area contributed by atoms with Crippen molar-refractivity contribution >= 4 is 5.91 Å². The van der Waals surface area contributed by atoms with Gasteiger partial charge in [0.05, 0.1) is 18.6 Å².